The Labute approximate surface area is 152 Å². The SMILES string of the molecule is Oc1ccccc1C1CCN(c2c3c(nc4ccnn24)CCNCC3)C1. The Morgan fingerprint density at radius 1 is 1.12 bits per heavy atom. The van der Waals surface area contributed by atoms with E-state index in [1.165, 1.54) is 17.1 Å². The molecule has 0 saturated carbocycles. The van der Waals surface area contributed by atoms with E-state index in [2.05, 4.69) is 15.3 Å². The molecule has 1 atom stereocenters. The number of benzene rings is 1. The molecule has 1 saturated heterocycles. The standard InChI is InChI=1S/C20H23N5O/c26-18-4-2-1-3-15(18)14-8-12-24(13-14)20-16-5-9-21-10-6-17(16)23-19-7-11-22-25(19)20/h1-4,7,11,14,21,26H,5-6,8-10,12-13H2. The van der Waals surface area contributed by atoms with E-state index in [0.29, 0.717) is 11.7 Å². The van der Waals surface area contributed by atoms with Crippen LogP contribution in [0, 0.1) is 0 Å². The second-order valence-electron chi connectivity index (χ2n) is 7.20. The maximum absolute atomic E-state index is 10.2. The lowest BCUT2D eigenvalue weighted by atomic mass is 9.97. The zero-order chi connectivity index (χ0) is 17.5. The Morgan fingerprint density at radius 3 is 2.92 bits per heavy atom. The first kappa shape index (κ1) is 15.6. The van der Waals surface area contributed by atoms with Crippen molar-refractivity contribution in [3.05, 3.63) is 53.3 Å². The van der Waals surface area contributed by atoms with Crippen molar-refractivity contribution in [2.45, 2.75) is 25.2 Å². The first-order valence-electron chi connectivity index (χ1n) is 9.40. The lowest BCUT2D eigenvalue weighted by Gasteiger charge is -2.24. The van der Waals surface area contributed by atoms with Crippen molar-refractivity contribution in [2.75, 3.05) is 31.1 Å². The fourth-order valence-electron chi connectivity index (χ4n) is 4.38. The largest absolute Gasteiger partial charge is 0.508 e. The van der Waals surface area contributed by atoms with Crippen molar-refractivity contribution in [3.8, 4) is 5.75 Å². The molecule has 5 rings (SSSR count). The highest BCUT2D eigenvalue weighted by atomic mass is 16.3. The average Bonchev–Trinajstić information content (AvgIpc) is 3.25. The van der Waals surface area contributed by atoms with Crippen LogP contribution in [0.1, 0.15) is 29.2 Å². The number of rotatable bonds is 2. The molecule has 0 amide bonds. The average molecular weight is 349 g/mol. The second kappa shape index (κ2) is 6.29. The molecule has 1 aromatic carbocycles. The van der Waals surface area contributed by atoms with Crippen LogP contribution in [0.25, 0.3) is 5.65 Å². The number of hydrogen-bond donors (Lipinski definition) is 2. The van der Waals surface area contributed by atoms with Crippen LogP contribution in [0.5, 0.6) is 5.75 Å². The van der Waals surface area contributed by atoms with Crippen LogP contribution in [0.3, 0.4) is 0 Å². The number of aromatic nitrogens is 3. The van der Waals surface area contributed by atoms with Gasteiger partial charge in [-0.25, -0.2) is 4.98 Å². The van der Waals surface area contributed by atoms with Crippen LogP contribution in [0.4, 0.5) is 5.82 Å². The number of phenolic OH excluding ortho intramolecular Hbond substituents is 1. The van der Waals surface area contributed by atoms with Crippen LogP contribution in [0.2, 0.25) is 0 Å². The number of hydrogen-bond acceptors (Lipinski definition) is 5. The summed E-state index contributed by atoms with van der Waals surface area (Å²) in [6.07, 6.45) is 4.81. The zero-order valence-electron chi connectivity index (χ0n) is 14.7. The summed E-state index contributed by atoms with van der Waals surface area (Å²) >= 11 is 0. The third-order valence-electron chi connectivity index (χ3n) is 5.65. The molecule has 26 heavy (non-hydrogen) atoms. The maximum atomic E-state index is 10.2. The van der Waals surface area contributed by atoms with Gasteiger partial charge in [-0.05, 0) is 31.0 Å². The summed E-state index contributed by atoms with van der Waals surface area (Å²) in [5.74, 6) is 1.94. The van der Waals surface area contributed by atoms with Gasteiger partial charge in [0.1, 0.15) is 11.6 Å². The van der Waals surface area contributed by atoms with Crippen molar-refractivity contribution < 1.29 is 5.11 Å². The fraction of sp³-hybridized carbons (Fsp3) is 0.400. The number of fused-ring (bicyclic) bond motifs is 2. The molecule has 0 aliphatic carbocycles. The first-order valence-corrected chi connectivity index (χ1v) is 9.40. The predicted octanol–water partition coefficient (Wildman–Crippen LogP) is 2.12. The van der Waals surface area contributed by atoms with E-state index >= 15 is 0 Å². The zero-order valence-corrected chi connectivity index (χ0v) is 14.7. The molecule has 0 bridgehead atoms. The Hall–Kier alpha value is -2.60. The molecule has 0 radical (unpaired) electrons. The van der Waals surface area contributed by atoms with Gasteiger partial charge in [-0.2, -0.15) is 9.61 Å². The van der Waals surface area contributed by atoms with Gasteiger partial charge in [-0.3, -0.25) is 0 Å². The minimum Gasteiger partial charge on any atom is -0.508 e. The molecular weight excluding hydrogens is 326 g/mol. The van der Waals surface area contributed by atoms with Crippen LogP contribution >= 0.6 is 0 Å². The van der Waals surface area contributed by atoms with E-state index in [1.807, 2.05) is 35.0 Å². The number of nitrogens with one attached hydrogen (secondary N) is 1. The molecule has 2 N–H and O–H groups in total. The van der Waals surface area contributed by atoms with Crippen molar-refractivity contribution in [1.29, 1.82) is 0 Å². The molecular formula is C20H23N5O. The lowest BCUT2D eigenvalue weighted by Crippen LogP contribution is -2.25. The van der Waals surface area contributed by atoms with E-state index in [-0.39, 0.29) is 0 Å². The summed E-state index contributed by atoms with van der Waals surface area (Å²) in [5.41, 5.74) is 4.49. The van der Waals surface area contributed by atoms with Crippen molar-refractivity contribution >= 4 is 11.5 Å². The van der Waals surface area contributed by atoms with Gasteiger partial charge < -0.3 is 15.3 Å². The molecule has 4 heterocycles. The van der Waals surface area contributed by atoms with Crippen LogP contribution in [0.15, 0.2) is 36.5 Å². The summed E-state index contributed by atoms with van der Waals surface area (Å²) in [6.45, 7) is 3.82. The van der Waals surface area contributed by atoms with Gasteiger partial charge in [0, 0.05) is 43.6 Å². The molecule has 2 aromatic heterocycles. The molecule has 6 nitrogen and oxygen atoms in total. The quantitative estimate of drug-likeness (QED) is 0.742. The normalized spacial score (nSPS) is 20.3. The first-order chi connectivity index (χ1) is 12.8. The summed E-state index contributed by atoms with van der Waals surface area (Å²) in [5, 5.41) is 18.3. The van der Waals surface area contributed by atoms with E-state index in [1.54, 1.807) is 6.07 Å². The van der Waals surface area contributed by atoms with E-state index in [4.69, 9.17) is 4.98 Å². The Kier molecular flexibility index (Phi) is 3.78. The van der Waals surface area contributed by atoms with Gasteiger partial charge in [0.25, 0.3) is 0 Å². The van der Waals surface area contributed by atoms with Gasteiger partial charge >= 0.3 is 0 Å². The predicted molar refractivity (Wildman–Crippen MR) is 101 cm³/mol. The van der Waals surface area contributed by atoms with Crippen molar-refractivity contribution in [1.82, 2.24) is 19.9 Å². The van der Waals surface area contributed by atoms with Crippen LogP contribution in [-0.2, 0) is 12.8 Å². The molecule has 2 aliphatic heterocycles. The van der Waals surface area contributed by atoms with E-state index in [0.717, 1.165) is 56.7 Å². The maximum Gasteiger partial charge on any atom is 0.157 e. The van der Waals surface area contributed by atoms with E-state index < -0.39 is 0 Å². The Balaban J connectivity index is 1.56. The third-order valence-corrected chi connectivity index (χ3v) is 5.65. The monoisotopic (exact) mass is 349 g/mol. The highest BCUT2D eigenvalue weighted by Gasteiger charge is 2.30. The topological polar surface area (TPSA) is 65.7 Å². The Morgan fingerprint density at radius 2 is 2.00 bits per heavy atom. The molecule has 1 fully saturated rings. The van der Waals surface area contributed by atoms with E-state index in [9.17, 15) is 5.11 Å². The Bertz CT molecular complexity index is 951. The summed E-state index contributed by atoms with van der Waals surface area (Å²) in [4.78, 5) is 7.29. The third kappa shape index (κ3) is 2.52. The van der Waals surface area contributed by atoms with Gasteiger partial charge in [0.15, 0.2) is 5.65 Å². The highest BCUT2D eigenvalue weighted by molar-refractivity contribution is 5.58. The summed E-state index contributed by atoms with van der Waals surface area (Å²) in [6, 6.07) is 9.71. The second-order valence-corrected chi connectivity index (χ2v) is 7.20. The molecule has 1 unspecified atom stereocenters. The van der Waals surface area contributed by atoms with Gasteiger partial charge in [-0.15, -0.1) is 0 Å². The number of aromatic hydroxyl groups is 1. The van der Waals surface area contributed by atoms with Crippen LogP contribution < -0.4 is 10.2 Å². The van der Waals surface area contributed by atoms with Crippen molar-refractivity contribution in [3.63, 3.8) is 0 Å². The van der Waals surface area contributed by atoms with Crippen LogP contribution in [-0.4, -0.2) is 45.9 Å². The highest BCUT2D eigenvalue weighted by Crippen LogP contribution is 2.36. The minimum absolute atomic E-state index is 0.342. The number of nitrogens with zero attached hydrogens (tertiary/aromatic N) is 4. The fourth-order valence-corrected chi connectivity index (χ4v) is 4.38. The van der Waals surface area contributed by atoms with Gasteiger partial charge in [0.05, 0.1) is 11.9 Å². The number of para-hydroxylation sites is 1. The molecule has 6 heteroatoms. The lowest BCUT2D eigenvalue weighted by molar-refractivity contribution is 0.463. The summed E-state index contributed by atoms with van der Waals surface area (Å²) < 4.78 is 2.00. The smallest absolute Gasteiger partial charge is 0.157 e. The van der Waals surface area contributed by atoms with Gasteiger partial charge in [0.2, 0.25) is 0 Å². The minimum atomic E-state index is 0.342. The summed E-state index contributed by atoms with van der Waals surface area (Å²) in [7, 11) is 0. The number of anilines is 1. The number of phenols is 1. The molecule has 134 valence electrons. The molecule has 3 aromatic rings. The van der Waals surface area contributed by atoms with Crippen molar-refractivity contribution in [2.24, 2.45) is 0 Å². The van der Waals surface area contributed by atoms with Gasteiger partial charge in [-0.1, -0.05) is 18.2 Å². The molecule has 0 spiro atoms. The molecule has 2 aliphatic rings.